The second kappa shape index (κ2) is 5.48. The third-order valence-electron chi connectivity index (χ3n) is 3.91. The minimum absolute atomic E-state index is 0.150. The van der Waals surface area contributed by atoms with Crippen molar-refractivity contribution in [2.24, 2.45) is 0 Å². The molecule has 4 nitrogen and oxygen atoms in total. The molecule has 1 N–H and O–H groups in total. The fourth-order valence-corrected chi connectivity index (χ4v) is 3.24. The number of carboxylic acids is 1. The summed E-state index contributed by atoms with van der Waals surface area (Å²) in [6, 6.07) is 1.11. The van der Waals surface area contributed by atoms with Crippen molar-refractivity contribution in [2.75, 3.05) is 14.2 Å². The highest BCUT2D eigenvalue weighted by atomic mass is 35.5. The van der Waals surface area contributed by atoms with Crippen molar-refractivity contribution in [3.05, 3.63) is 22.5 Å². The van der Waals surface area contributed by atoms with Crippen molar-refractivity contribution in [1.29, 1.82) is 0 Å². The van der Waals surface area contributed by atoms with Gasteiger partial charge in [0.2, 0.25) is 0 Å². The highest BCUT2D eigenvalue weighted by Crippen LogP contribution is 2.51. The molecule has 0 heterocycles. The molecule has 0 spiro atoms. The van der Waals surface area contributed by atoms with Crippen LogP contribution in [0.3, 0.4) is 0 Å². The summed E-state index contributed by atoms with van der Waals surface area (Å²) in [5.41, 5.74) is -1.03. The molecule has 20 heavy (non-hydrogen) atoms. The lowest BCUT2D eigenvalue weighted by molar-refractivity contribution is -0.143. The molecule has 0 radical (unpaired) electrons. The zero-order valence-corrected chi connectivity index (χ0v) is 12.1. The number of methoxy groups -OCH3 is 2. The number of ether oxygens (including phenoxy) is 2. The van der Waals surface area contributed by atoms with Gasteiger partial charge in [0.25, 0.3) is 0 Å². The topological polar surface area (TPSA) is 55.8 Å². The molecule has 0 amide bonds. The smallest absolute Gasteiger partial charge is 0.314 e. The lowest BCUT2D eigenvalue weighted by atomic mass is 9.78. The van der Waals surface area contributed by atoms with Crippen LogP contribution in [0.5, 0.6) is 11.5 Å². The van der Waals surface area contributed by atoms with E-state index in [4.69, 9.17) is 21.1 Å². The van der Waals surface area contributed by atoms with Crippen molar-refractivity contribution < 1.29 is 23.8 Å². The second-order valence-electron chi connectivity index (χ2n) is 4.88. The normalized spacial score (nSPS) is 17.0. The van der Waals surface area contributed by atoms with Crippen LogP contribution in [0.1, 0.15) is 31.2 Å². The Morgan fingerprint density at radius 1 is 1.35 bits per heavy atom. The summed E-state index contributed by atoms with van der Waals surface area (Å²) < 4.78 is 24.3. The van der Waals surface area contributed by atoms with Crippen LogP contribution < -0.4 is 9.47 Å². The van der Waals surface area contributed by atoms with Gasteiger partial charge in [0.05, 0.1) is 24.7 Å². The van der Waals surface area contributed by atoms with Gasteiger partial charge < -0.3 is 14.6 Å². The van der Waals surface area contributed by atoms with Gasteiger partial charge in [0.15, 0.2) is 11.5 Å². The molecule has 1 aliphatic carbocycles. The monoisotopic (exact) mass is 302 g/mol. The Labute approximate surface area is 121 Å². The standard InChI is InChI=1S/C14H16ClFO4/c1-19-9-7-8(16)11(15)10(12(9)20-2)14(13(17)18)5-3-4-6-14/h7H,3-6H2,1-2H3,(H,17,18). The van der Waals surface area contributed by atoms with Gasteiger partial charge in [0.1, 0.15) is 5.82 Å². The van der Waals surface area contributed by atoms with Crippen molar-refractivity contribution >= 4 is 17.6 Å². The van der Waals surface area contributed by atoms with Gasteiger partial charge in [-0.05, 0) is 12.8 Å². The summed E-state index contributed by atoms with van der Waals surface area (Å²) >= 11 is 6.05. The van der Waals surface area contributed by atoms with Crippen LogP contribution in [0.25, 0.3) is 0 Å². The van der Waals surface area contributed by atoms with Gasteiger partial charge in [-0.15, -0.1) is 0 Å². The van der Waals surface area contributed by atoms with E-state index in [1.165, 1.54) is 14.2 Å². The maximum atomic E-state index is 14.0. The molecule has 6 heteroatoms. The molecule has 1 aromatic rings. The molecule has 0 atom stereocenters. The van der Waals surface area contributed by atoms with Crippen LogP contribution in [0.4, 0.5) is 4.39 Å². The van der Waals surface area contributed by atoms with Gasteiger partial charge >= 0.3 is 5.97 Å². The lowest BCUT2D eigenvalue weighted by Crippen LogP contribution is -2.33. The molecule has 1 aromatic carbocycles. The van der Waals surface area contributed by atoms with E-state index in [0.717, 1.165) is 18.9 Å². The van der Waals surface area contributed by atoms with E-state index in [0.29, 0.717) is 12.8 Å². The molecule has 0 unspecified atom stereocenters. The third kappa shape index (κ3) is 2.10. The number of hydrogen-bond acceptors (Lipinski definition) is 3. The summed E-state index contributed by atoms with van der Waals surface area (Å²) in [6.45, 7) is 0. The van der Waals surface area contributed by atoms with Crippen LogP contribution in [-0.4, -0.2) is 25.3 Å². The molecule has 0 aliphatic heterocycles. The fourth-order valence-electron chi connectivity index (χ4n) is 2.92. The zero-order chi connectivity index (χ0) is 14.9. The SMILES string of the molecule is COc1cc(F)c(Cl)c(C2(C(=O)O)CCCC2)c1OC. The first-order chi connectivity index (χ1) is 9.47. The van der Waals surface area contributed by atoms with Crippen molar-refractivity contribution in [2.45, 2.75) is 31.1 Å². The van der Waals surface area contributed by atoms with E-state index < -0.39 is 17.2 Å². The van der Waals surface area contributed by atoms with Crippen LogP contribution in [0, 0.1) is 5.82 Å². The Bertz CT molecular complexity index is 538. The number of carbonyl (C=O) groups is 1. The minimum atomic E-state index is -1.21. The van der Waals surface area contributed by atoms with E-state index in [1.807, 2.05) is 0 Å². The first-order valence-electron chi connectivity index (χ1n) is 6.31. The Kier molecular flexibility index (Phi) is 4.09. The first-order valence-corrected chi connectivity index (χ1v) is 6.69. The maximum Gasteiger partial charge on any atom is 0.314 e. The summed E-state index contributed by atoms with van der Waals surface area (Å²) in [5.74, 6) is -1.37. The van der Waals surface area contributed by atoms with E-state index in [1.54, 1.807) is 0 Å². The van der Waals surface area contributed by atoms with Gasteiger partial charge in [-0.2, -0.15) is 0 Å². The number of benzene rings is 1. The predicted molar refractivity (Wildman–Crippen MR) is 72.3 cm³/mol. The number of aliphatic carboxylic acids is 1. The second-order valence-corrected chi connectivity index (χ2v) is 5.26. The average Bonchev–Trinajstić information content (AvgIpc) is 2.91. The summed E-state index contributed by atoms with van der Waals surface area (Å²) in [4.78, 5) is 11.8. The lowest BCUT2D eigenvalue weighted by Gasteiger charge is -2.28. The molecule has 0 bridgehead atoms. The zero-order valence-electron chi connectivity index (χ0n) is 11.3. The molecule has 0 aromatic heterocycles. The fraction of sp³-hybridized carbons (Fsp3) is 0.500. The molecular weight excluding hydrogens is 287 g/mol. The average molecular weight is 303 g/mol. The molecule has 110 valence electrons. The number of rotatable bonds is 4. The van der Waals surface area contributed by atoms with E-state index >= 15 is 0 Å². The van der Waals surface area contributed by atoms with Gasteiger partial charge in [-0.3, -0.25) is 4.79 Å². The summed E-state index contributed by atoms with van der Waals surface area (Å²) in [5, 5.41) is 9.44. The molecule has 1 fully saturated rings. The van der Waals surface area contributed by atoms with Gasteiger partial charge in [-0.1, -0.05) is 24.4 Å². The number of carboxylic acid groups (broad SMARTS) is 1. The van der Waals surface area contributed by atoms with E-state index in [9.17, 15) is 14.3 Å². The van der Waals surface area contributed by atoms with Gasteiger partial charge in [-0.25, -0.2) is 4.39 Å². The summed E-state index contributed by atoms with van der Waals surface area (Å²) in [6.07, 6.45) is 2.32. The highest BCUT2D eigenvalue weighted by molar-refractivity contribution is 6.32. The van der Waals surface area contributed by atoms with Crippen LogP contribution in [-0.2, 0) is 10.2 Å². The first kappa shape index (κ1) is 14.9. The van der Waals surface area contributed by atoms with Crippen LogP contribution in [0.15, 0.2) is 6.07 Å². The number of hydrogen-bond donors (Lipinski definition) is 1. The summed E-state index contributed by atoms with van der Waals surface area (Å²) in [7, 11) is 2.76. The van der Waals surface area contributed by atoms with Crippen molar-refractivity contribution in [3.63, 3.8) is 0 Å². The Morgan fingerprint density at radius 2 is 1.95 bits per heavy atom. The third-order valence-corrected chi connectivity index (χ3v) is 4.28. The molecule has 1 saturated carbocycles. The Balaban J connectivity index is 2.77. The van der Waals surface area contributed by atoms with E-state index in [2.05, 4.69) is 0 Å². The molecule has 2 rings (SSSR count). The molecule has 0 saturated heterocycles. The molecular formula is C14H16ClFO4. The van der Waals surface area contributed by atoms with Crippen LogP contribution in [0.2, 0.25) is 5.02 Å². The molecule has 1 aliphatic rings. The largest absolute Gasteiger partial charge is 0.493 e. The quantitative estimate of drug-likeness (QED) is 0.926. The maximum absolute atomic E-state index is 14.0. The predicted octanol–water partition coefficient (Wildman–Crippen LogP) is 3.39. The van der Waals surface area contributed by atoms with E-state index in [-0.39, 0.29) is 22.1 Å². The van der Waals surface area contributed by atoms with Crippen molar-refractivity contribution in [3.8, 4) is 11.5 Å². The Morgan fingerprint density at radius 3 is 2.40 bits per heavy atom. The van der Waals surface area contributed by atoms with Gasteiger partial charge in [0, 0.05) is 11.6 Å². The minimum Gasteiger partial charge on any atom is -0.493 e. The highest BCUT2D eigenvalue weighted by Gasteiger charge is 2.47. The van der Waals surface area contributed by atoms with Crippen molar-refractivity contribution in [1.82, 2.24) is 0 Å². The Hall–Kier alpha value is -1.49. The van der Waals surface area contributed by atoms with Crippen LogP contribution >= 0.6 is 11.6 Å². The number of halogens is 2.